The number of alkyl carbamates (subject to hydrolysis) is 1. The minimum Gasteiger partial charge on any atom is -0.441 e. The number of hydrogen-bond donors (Lipinski definition) is 2. The van der Waals surface area contributed by atoms with Gasteiger partial charge in [0.25, 0.3) is 5.91 Å². The molecule has 2 aliphatic rings. The van der Waals surface area contributed by atoms with Crippen LogP contribution in [0.15, 0.2) is 24.3 Å². The van der Waals surface area contributed by atoms with E-state index in [1.807, 2.05) is 0 Å². The number of piperidine rings is 1. The largest absolute Gasteiger partial charge is 0.441 e. The van der Waals surface area contributed by atoms with Crippen molar-refractivity contribution in [1.29, 1.82) is 0 Å². The van der Waals surface area contributed by atoms with E-state index in [1.165, 1.54) is 6.92 Å². The summed E-state index contributed by atoms with van der Waals surface area (Å²) in [5.74, 6) is -0.198. The minimum absolute atomic E-state index is 0.0495. The van der Waals surface area contributed by atoms with E-state index in [1.54, 1.807) is 29.2 Å². The Hall–Kier alpha value is -2.57. The first-order chi connectivity index (χ1) is 11.0. The number of rotatable bonds is 2. The average molecular weight is 317 g/mol. The fourth-order valence-electron chi connectivity index (χ4n) is 2.98. The number of ether oxygens (including phenoxy) is 1. The van der Waals surface area contributed by atoms with Gasteiger partial charge in [-0.15, -0.1) is 0 Å². The molecular weight excluding hydrogens is 298 g/mol. The normalized spacial score (nSPS) is 19.2. The van der Waals surface area contributed by atoms with E-state index in [4.69, 9.17) is 4.74 Å². The van der Waals surface area contributed by atoms with Crippen molar-refractivity contribution in [2.75, 3.05) is 25.0 Å². The van der Waals surface area contributed by atoms with Crippen LogP contribution >= 0.6 is 0 Å². The standard InChI is InChI=1S/C16H19N3O4/c1-11(20)18-13-4-2-12(3-5-13)14(21)19-8-6-16(7-9-19)10-17-15(22)23-16/h2-5H,6-10H2,1H3,(H,17,22)(H,18,20). The number of hydrogen-bond acceptors (Lipinski definition) is 4. The van der Waals surface area contributed by atoms with Crippen LogP contribution in [0.2, 0.25) is 0 Å². The van der Waals surface area contributed by atoms with E-state index in [0.29, 0.717) is 43.7 Å². The maximum Gasteiger partial charge on any atom is 0.407 e. The van der Waals surface area contributed by atoms with E-state index in [0.717, 1.165) is 0 Å². The van der Waals surface area contributed by atoms with Gasteiger partial charge in [-0.25, -0.2) is 4.79 Å². The number of benzene rings is 1. The highest BCUT2D eigenvalue weighted by Crippen LogP contribution is 2.29. The molecule has 0 atom stereocenters. The third-order valence-electron chi connectivity index (χ3n) is 4.28. The summed E-state index contributed by atoms with van der Waals surface area (Å²) in [6.45, 7) is 3.06. The minimum atomic E-state index is -0.455. The Morgan fingerprint density at radius 2 is 1.87 bits per heavy atom. The first kappa shape index (κ1) is 15.3. The summed E-state index contributed by atoms with van der Waals surface area (Å²) >= 11 is 0. The van der Waals surface area contributed by atoms with Gasteiger partial charge in [-0.05, 0) is 24.3 Å². The van der Waals surface area contributed by atoms with Crippen LogP contribution in [-0.2, 0) is 9.53 Å². The third kappa shape index (κ3) is 3.28. The predicted octanol–water partition coefficient (Wildman–Crippen LogP) is 1.36. The highest BCUT2D eigenvalue weighted by atomic mass is 16.6. The summed E-state index contributed by atoms with van der Waals surface area (Å²) in [6.07, 6.45) is 0.904. The molecule has 122 valence electrons. The van der Waals surface area contributed by atoms with Crippen LogP contribution in [0.4, 0.5) is 10.5 Å². The summed E-state index contributed by atoms with van der Waals surface area (Å²) < 4.78 is 5.35. The van der Waals surface area contributed by atoms with E-state index in [-0.39, 0.29) is 17.9 Å². The molecule has 1 spiro atoms. The summed E-state index contributed by atoms with van der Waals surface area (Å²) in [6, 6.07) is 6.83. The maximum absolute atomic E-state index is 12.5. The van der Waals surface area contributed by atoms with E-state index in [9.17, 15) is 14.4 Å². The SMILES string of the molecule is CC(=O)Nc1ccc(C(=O)N2CCC3(CC2)CNC(=O)O3)cc1. The van der Waals surface area contributed by atoms with E-state index < -0.39 is 5.60 Å². The lowest BCUT2D eigenvalue weighted by Crippen LogP contribution is -2.48. The molecule has 1 aromatic carbocycles. The first-order valence-electron chi connectivity index (χ1n) is 7.61. The number of likely N-dealkylation sites (tertiary alicyclic amines) is 1. The molecule has 1 aromatic rings. The lowest BCUT2D eigenvalue weighted by Gasteiger charge is -2.37. The highest BCUT2D eigenvalue weighted by molar-refractivity contribution is 5.95. The Balaban J connectivity index is 1.61. The van der Waals surface area contributed by atoms with Crippen LogP contribution in [0.25, 0.3) is 0 Å². The molecule has 0 aliphatic carbocycles. The molecule has 0 aromatic heterocycles. The smallest absolute Gasteiger partial charge is 0.407 e. The zero-order valence-electron chi connectivity index (χ0n) is 12.9. The van der Waals surface area contributed by atoms with Gasteiger partial charge in [-0.3, -0.25) is 9.59 Å². The summed E-state index contributed by atoms with van der Waals surface area (Å²) in [5.41, 5.74) is 0.788. The van der Waals surface area contributed by atoms with E-state index >= 15 is 0 Å². The number of anilines is 1. The van der Waals surface area contributed by atoms with Crippen molar-refractivity contribution in [2.24, 2.45) is 0 Å². The van der Waals surface area contributed by atoms with Gasteiger partial charge < -0.3 is 20.3 Å². The molecule has 2 N–H and O–H groups in total. The van der Waals surface area contributed by atoms with Crippen LogP contribution in [0.3, 0.4) is 0 Å². The van der Waals surface area contributed by atoms with Crippen molar-refractivity contribution in [3.05, 3.63) is 29.8 Å². The van der Waals surface area contributed by atoms with Crippen LogP contribution < -0.4 is 10.6 Å². The van der Waals surface area contributed by atoms with Gasteiger partial charge in [-0.2, -0.15) is 0 Å². The molecule has 0 saturated carbocycles. The molecule has 3 amide bonds. The predicted molar refractivity (Wildman–Crippen MR) is 83.1 cm³/mol. The molecule has 2 aliphatic heterocycles. The first-order valence-corrected chi connectivity index (χ1v) is 7.61. The highest BCUT2D eigenvalue weighted by Gasteiger charge is 2.43. The van der Waals surface area contributed by atoms with Crippen molar-refractivity contribution in [1.82, 2.24) is 10.2 Å². The second-order valence-electron chi connectivity index (χ2n) is 5.98. The number of carbonyl (C=O) groups is 3. The van der Waals surface area contributed by atoms with Gasteiger partial charge in [0, 0.05) is 44.1 Å². The van der Waals surface area contributed by atoms with Gasteiger partial charge in [-0.1, -0.05) is 0 Å². The molecule has 23 heavy (non-hydrogen) atoms. The van der Waals surface area contributed by atoms with Crippen LogP contribution in [0.1, 0.15) is 30.1 Å². The number of nitrogens with zero attached hydrogens (tertiary/aromatic N) is 1. The van der Waals surface area contributed by atoms with Gasteiger partial charge >= 0.3 is 6.09 Å². The monoisotopic (exact) mass is 317 g/mol. The summed E-state index contributed by atoms with van der Waals surface area (Å²) in [4.78, 5) is 36.5. The molecule has 7 nitrogen and oxygen atoms in total. The van der Waals surface area contributed by atoms with Crippen LogP contribution in [-0.4, -0.2) is 48.0 Å². The quantitative estimate of drug-likeness (QED) is 0.862. The van der Waals surface area contributed by atoms with Crippen molar-refractivity contribution < 1.29 is 19.1 Å². The Labute approximate surface area is 134 Å². The number of carbonyl (C=O) groups excluding carboxylic acids is 3. The summed E-state index contributed by atoms with van der Waals surface area (Å²) in [5, 5.41) is 5.35. The zero-order valence-corrected chi connectivity index (χ0v) is 12.9. The molecular formula is C16H19N3O4. The Kier molecular flexibility index (Phi) is 3.94. The lowest BCUT2D eigenvalue weighted by atomic mass is 9.91. The molecule has 7 heteroatoms. The molecule has 2 fully saturated rings. The number of nitrogens with one attached hydrogen (secondary N) is 2. The van der Waals surface area contributed by atoms with Crippen LogP contribution in [0.5, 0.6) is 0 Å². The average Bonchev–Trinajstić information content (AvgIpc) is 2.88. The molecule has 0 unspecified atom stereocenters. The lowest BCUT2D eigenvalue weighted by molar-refractivity contribution is -0.114. The van der Waals surface area contributed by atoms with Crippen molar-refractivity contribution >= 4 is 23.6 Å². The Morgan fingerprint density at radius 1 is 1.22 bits per heavy atom. The van der Waals surface area contributed by atoms with Crippen molar-refractivity contribution in [3.8, 4) is 0 Å². The molecule has 2 saturated heterocycles. The van der Waals surface area contributed by atoms with Crippen molar-refractivity contribution in [2.45, 2.75) is 25.4 Å². The fourth-order valence-corrected chi connectivity index (χ4v) is 2.98. The molecule has 2 heterocycles. The molecule has 3 rings (SSSR count). The fraction of sp³-hybridized carbons (Fsp3) is 0.438. The Bertz CT molecular complexity index is 633. The zero-order chi connectivity index (χ0) is 16.4. The second-order valence-corrected chi connectivity index (χ2v) is 5.98. The van der Waals surface area contributed by atoms with Gasteiger partial charge in [0.15, 0.2) is 0 Å². The summed E-state index contributed by atoms with van der Waals surface area (Å²) in [7, 11) is 0. The maximum atomic E-state index is 12.5. The Morgan fingerprint density at radius 3 is 2.39 bits per heavy atom. The second kappa shape index (κ2) is 5.91. The number of amides is 3. The third-order valence-corrected chi connectivity index (χ3v) is 4.28. The van der Waals surface area contributed by atoms with Gasteiger partial charge in [0.1, 0.15) is 5.60 Å². The topological polar surface area (TPSA) is 87.7 Å². The van der Waals surface area contributed by atoms with Crippen molar-refractivity contribution in [3.63, 3.8) is 0 Å². The van der Waals surface area contributed by atoms with Gasteiger partial charge in [0.05, 0.1) is 6.54 Å². The van der Waals surface area contributed by atoms with Crippen LogP contribution in [0, 0.1) is 0 Å². The molecule has 0 radical (unpaired) electrons. The van der Waals surface area contributed by atoms with E-state index in [2.05, 4.69) is 10.6 Å². The van der Waals surface area contributed by atoms with Gasteiger partial charge in [0.2, 0.25) is 5.91 Å². The molecule has 0 bridgehead atoms.